The lowest BCUT2D eigenvalue weighted by Crippen LogP contribution is -2.20. The van der Waals surface area contributed by atoms with Crippen LogP contribution in [0.5, 0.6) is 0 Å². The SMILES string of the molecule is C.C.CC1=CC(=O)CC(C)(C)C1. The Morgan fingerprint density at radius 1 is 1.25 bits per heavy atom. The molecule has 0 saturated carbocycles. The Morgan fingerprint density at radius 3 is 2.08 bits per heavy atom. The Hall–Kier alpha value is -0.590. The van der Waals surface area contributed by atoms with Crippen molar-refractivity contribution in [3.63, 3.8) is 0 Å². The lowest BCUT2D eigenvalue weighted by molar-refractivity contribution is -0.117. The van der Waals surface area contributed by atoms with Gasteiger partial charge in [-0.15, -0.1) is 0 Å². The second kappa shape index (κ2) is 4.44. The van der Waals surface area contributed by atoms with E-state index in [-0.39, 0.29) is 26.1 Å². The Balaban J connectivity index is 0. The van der Waals surface area contributed by atoms with Gasteiger partial charge in [0.05, 0.1) is 0 Å². The fraction of sp³-hybridized carbons (Fsp3) is 0.727. The van der Waals surface area contributed by atoms with Crippen molar-refractivity contribution in [2.24, 2.45) is 5.41 Å². The van der Waals surface area contributed by atoms with Crippen LogP contribution in [0.15, 0.2) is 11.6 Å². The van der Waals surface area contributed by atoms with E-state index in [2.05, 4.69) is 13.8 Å². The molecule has 0 bridgehead atoms. The van der Waals surface area contributed by atoms with E-state index >= 15 is 0 Å². The van der Waals surface area contributed by atoms with Gasteiger partial charge >= 0.3 is 0 Å². The number of allylic oxidation sites excluding steroid dienone is 2. The van der Waals surface area contributed by atoms with Gasteiger partial charge in [-0.05, 0) is 24.8 Å². The van der Waals surface area contributed by atoms with Gasteiger partial charge in [0.1, 0.15) is 0 Å². The van der Waals surface area contributed by atoms with Crippen LogP contribution < -0.4 is 0 Å². The maximum absolute atomic E-state index is 11.0. The molecule has 0 radical (unpaired) electrons. The Bertz CT molecular complexity index is 187. The molecule has 72 valence electrons. The molecular weight excluding hydrogens is 148 g/mol. The van der Waals surface area contributed by atoms with Crippen LogP contribution in [0, 0.1) is 5.41 Å². The summed E-state index contributed by atoms with van der Waals surface area (Å²) in [7, 11) is 0. The minimum Gasteiger partial charge on any atom is -0.295 e. The molecule has 1 aliphatic rings. The normalized spacial score (nSPS) is 20.2. The summed E-state index contributed by atoms with van der Waals surface area (Å²) in [4.78, 5) is 11.0. The van der Waals surface area contributed by atoms with Gasteiger partial charge in [0.15, 0.2) is 5.78 Å². The Kier molecular flexibility index (Phi) is 5.17. The third-order valence-corrected chi connectivity index (χ3v) is 1.82. The van der Waals surface area contributed by atoms with Crippen LogP contribution in [-0.2, 0) is 4.79 Å². The molecule has 0 spiro atoms. The summed E-state index contributed by atoms with van der Waals surface area (Å²) in [5.74, 6) is 0.286. The van der Waals surface area contributed by atoms with E-state index in [1.54, 1.807) is 6.08 Å². The summed E-state index contributed by atoms with van der Waals surface area (Å²) < 4.78 is 0. The van der Waals surface area contributed by atoms with E-state index in [9.17, 15) is 4.79 Å². The summed E-state index contributed by atoms with van der Waals surface area (Å²) in [5.41, 5.74) is 1.43. The van der Waals surface area contributed by atoms with E-state index in [1.807, 2.05) is 6.92 Å². The van der Waals surface area contributed by atoms with Crippen LogP contribution in [0.25, 0.3) is 0 Å². The lowest BCUT2D eigenvalue weighted by atomic mass is 9.77. The van der Waals surface area contributed by atoms with Gasteiger partial charge < -0.3 is 0 Å². The van der Waals surface area contributed by atoms with Crippen molar-refractivity contribution >= 4 is 5.78 Å². The average molecular weight is 170 g/mol. The van der Waals surface area contributed by atoms with E-state index in [1.165, 1.54) is 5.57 Å². The molecule has 0 saturated heterocycles. The number of rotatable bonds is 0. The highest BCUT2D eigenvalue weighted by Gasteiger charge is 2.25. The number of hydrogen-bond donors (Lipinski definition) is 0. The summed E-state index contributed by atoms with van der Waals surface area (Å²) in [6.07, 6.45) is 3.55. The molecule has 0 aromatic heterocycles. The van der Waals surface area contributed by atoms with Crippen molar-refractivity contribution < 1.29 is 4.79 Å². The first-order valence-corrected chi connectivity index (χ1v) is 3.70. The number of hydrogen-bond acceptors (Lipinski definition) is 1. The zero-order valence-corrected chi connectivity index (χ0v) is 6.90. The molecule has 1 aliphatic carbocycles. The van der Waals surface area contributed by atoms with Gasteiger partial charge in [-0.1, -0.05) is 34.3 Å². The Morgan fingerprint density at radius 2 is 1.75 bits per heavy atom. The maximum atomic E-state index is 11.0. The van der Waals surface area contributed by atoms with Crippen molar-refractivity contribution in [3.05, 3.63) is 11.6 Å². The third kappa shape index (κ3) is 3.70. The first-order valence-electron chi connectivity index (χ1n) is 3.70. The number of carbonyl (C=O) groups excluding carboxylic acids is 1. The summed E-state index contributed by atoms with van der Waals surface area (Å²) in [5, 5.41) is 0. The molecule has 0 aromatic carbocycles. The van der Waals surface area contributed by atoms with Gasteiger partial charge in [0, 0.05) is 6.42 Å². The highest BCUT2D eigenvalue weighted by Crippen LogP contribution is 2.32. The van der Waals surface area contributed by atoms with E-state index in [0.717, 1.165) is 6.42 Å². The minimum absolute atomic E-state index is 0. The van der Waals surface area contributed by atoms with Crippen molar-refractivity contribution in [1.29, 1.82) is 0 Å². The zero-order valence-electron chi connectivity index (χ0n) is 6.90. The predicted octanol–water partition coefficient (Wildman–Crippen LogP) is 3.59. The predicted molar refractivity (Wildman–Crippen MR) is 55.2 cm³/mol. The van der Waals surface area contributed by atoms with Crippen molar-refractivity contribution in [3.8, 4) is 0 Å². The van der Waals surface area contributed by atoms with Gasteiger partial charge in [0.25, 0.3) is 0 Å². The second-order valence-corrected chi connectivity index (χ2v) is 3.97. The smallest absolute Gasteiger partial charge is 0.156 e. The molecule has 0 amide bonds. The standard InChI is InChI=1S/C9H14O.2CH4/c1-7-4-8(10)6-9(2,3)5-7;;/h4H,5-6H2,1-3H3;2*1H4. The van der Waals surface area contributed by atoms with Crippen molar-refractivity contribution in [1.82, 2.24) is 0 Å². The Labute approximate surface area is 76.9 Å². The van der Waals surface area contributed by atoms with Gasteiger partial charge in [-0.3, -0.25) is 4.79 Å². The molecular formula is C11H22O. The fourth-order valence-electron chi connectivity index (χ4n) is 1.67. The largest absolute Gasteiger partial charge is 0.295 e. The summed E-state index contributed by atoms with van der Waals surface area (Å²) >= 11 is 0. The quantitative estimate of drug-likeness (QED) is 0.543. The molecule has 0 N–H and O–H groups in total. The molecule has 0 unspecified atom stereocenters. The number of carbonyl (C=O) groups is 1. The molecule has 0 heterocycles. The van der Waals surface area contributed by atoms with Crippen LogP contribution in [0.3, 0.4) is 0 Å². The van der Waals surface area contributed by atoms with E-state index in [4.69, 9.17) is 0 Å². The van der Waals surface area contributed by atoms with Crippen molar-refractivity contribution in [2.45, 2.75) is 48.5 Å². The molecule has 1 nitrogen and oxygen atoms in total. The zero-order chi connectivity index (χ0) is 7.78. The van der Waals surface area contributed by atoms with Crippen molar-refractivity contribution in [2.75, 3.05) is 0 Å². The average Bonchev–Trinajstić information content (AvgIpc) is 1.54. The molecule has 0 aromatic rings. The molecule has 12 heavy (non-hydrogen) atoms. The first-order chi connectivity index (χ1) is 4.49. The van der Waals surface area contributed by atoms with Gasteiger partial charge in [-0.25, -0.2) is 0 Å². The fourth-order valence-corrected chi connectivity index (χ4v) is 1.67. The highest BCUT2D eigenvalue weighted by atomic mass is 16.1. The second-order valence-electron chi connectivity index (χ2n) is 3.97. The molecule has 0 atom stereocenters. The first kappa shape index (κ1) is 14.0. The van der Waals surface area contributed by atoms with Gasteiger partial charge in [0.2, 0.25) is 0 Å². The van der Waals surface area contributed by atoms with Gasteiger partial charge in [-0.2, -0.15) is 0 Å². The van der Waals surface area contributed by atoms with Crippen LogP contribution in [-0.4, -0.2) is 5.78 Å². The van der Waals surface area contributed by atoms with E-state index in [0.29, 0.717) is 6.42 Å². The molecule has 0 aliphatic heterocycles. The lowest BCUT2D eigenvalue weighted by Gasteiger charge is -2.27. The van der Waals surface area contributed by atoms with Crippen LogP contribution in [0.2, 0.25) is 0 Å². The monoisotopic (exact) mass is 170 g/mol. The van der Waals surface area contributed by atoms with Crippen LogP contribution in [0.4, 0.5) is 0 Å². The maximum Gasteiger partial charge on any atom is 0.156 e. The molecule has 0 fully saturated rings. The number of ketones is 1. The minimum atomic E-state index is 0. The van der Waals surface area contributed by atoms with Crippen LogP contribution >= 0.6 is 0 Å². The van der Waals surface area contributed by atoms with E-state index < -0.39 is 0 Å². The molecule has 1 heteroatoms. The highest BCUT2D eigenvalue weighted by molar-refractivity contribution is 5.91. The summed E-state index contributed by atoms with van der Waals surface area (Å²) in [6.45, 7) is 6.31. The topological polar surface area (TPSA) is 17.1 Å². The van der Waals surface area contributed by atoms with Crippen LogP contribution in [0.1, 0.15) is 48.5 Å². The molecule has 1 rings (SSSR count). The third-order valence-electron chi connectivity index (χ3n) is 1.82. The summed E-state index contributed by atoms with van der Waals surface area (Å²) in [6, 6.07) is 0.